The number of benzene rings is 2. The maximum Gasteiger partial charge on any atom is 0.306 e. The van der Waals surface area contributed by atoms with E-state index in [0.29, 0.717) is 22.8 Å². The molecule has 0 aliphatic heterocycles. The SMILES string of the molecule is COc1cccc(C(C)(CC(=O)O)NC(=O)c2ccc(OC)cc2OC)c1. The minimum atomic E-state index is -1.15. The molecule has 0 heterocycles. The number of amides is 1. The molecular formula is C20H23NO6. The molecule has 0 saturated carbocycles. The summed E-state index contributed by atoms with van der Waals surface area (Å²) in [7, 11) is 4.49. The lowest BCUT2D eigenvalue weighted by Gasteiger charge is -2.30. The van der Waals surface area contributed by atoms with Crippen molar-refractivity contribution in [3.05, 3.63) is 53.6 Å². The molecule has 0 aliphatic carbocycles. The molecule has 2 rings (SSSR count). The Kier molecular flexibility index (Phi) is 6.28. The molecule has 0 aliphatic rings. The van der Waals surface area contributed by atoms with Gasteiger partial charge in [0.05, 0.1) is 38.9 Å². The summed E-state index contributed by atoms with van der Waals surface area (Å²) < 4.78 is 15.6. The number of carbonyl (C=O) groups is 2. The van der Waals surface area contributed by atoms with Crippen molar-refractivity contribution < 1.29 is 28.9 Å². The van der Waals surface area contributed by atoms with Crippen LogP contribution in [0.2, 0.25) is 0 Å². The normalized spacial score (nSPS) is 12.6. The Morgan fingerprint density at radius 3 is 2.26 bits per heavy atom. The van der Waals surface area contributed by atoms with E-state index in [0.717, 1.165) is 0 Å². The fraction of sp³-hybridized carbons (Fsp3) is 0.300. The van der Waals surface area contributed by atoms with Crippen LogP contribution in [0.1, 0.15) is 29.3 Å². The second-order valence-corrected chi connectivity index (χ2v) is 6.15. The number of carboxylic acid groups (broad SMARTS) is 1. The number of rotatable bonds is 8. The number of nitrogens with one attached hydrogen (secondary N) is 1. The van der Waals surface area contributed by atoms with Gasteiger partial charge in [0.25, 0.3) is 5.91 Å². The Balaban J connectivity index is 2.41. The maximum absolute atomic E-state index is 12.9. The Bertz CT molecular complexity index is 835. The standard InChI is InChI=1S/C20H23NO6/c1-20(12-18(22)23,13-6-5-7-14(10-13)25-2)21-19(24)16-9-8-15(26-3)11-17(16)27-4/h5-11H,12H2,1-4H3,(H,21,24)(H,22,23). The molecule has 144 valence electrons. The fourth-order valence-electron chi connectivity index (χ4n) is 2.79. The van der Waals surface area contributed by atoms with E-state index in [4.69, 9.17) is 14.2 Å². The summed E-state index contributed by atoms with van der Waals surface area (Å²) in [5.74, 6) is -0.0524. The van der Waals surface area contributed by atoms with Gasteiger partial charge >= 0.3 is 5.97 Å². The van der Waals surface area contributed by atoms with Crippen LogP contribution in [0.5, 0.6) is 17.2 Å². The topological polar surface area (TPSA) is 94.1 Å². The summed E-state index contributed by atoms with van der Waals surface area (Å²) in [6, 6.07) is 11.7. The van der Waals surface area contributed by atoms with Crippen molar-refractivity contribution in [2.75, 3.05) is 21.3 Å². The number of hydrogen-bond donors (Lipinski definition) is 2. The van der Waals surface area contributed by atoms with E-state index >= 15 is 0 Å². The van der Waals surface area contributed by atoms with Crippen LogP contribution < -0.4 is 19.5 Å². The van der Waals surface area contributed by atoms with Crippen molar-refractivity contribution >= 4 is 11.9 Å². The highest BCUT2D eigenvalue weighted by molar-refractivity contribution is 5.98. The summed E-state index contributed by atoms with van der Waals surface area (Å²) >= 11 is 0. The minimum Gasteiger partial charge on any atom is -0.497 e. The lowest BCUT2D eigenvalue weighted by Crippen LogP contribution is -2.45. The summed E-state index contributed by atoms with van der Waals surface area (Å²) in [5.41, 5.74) is -0.259. The monoisotopic (exact) mass is 373 g/mol. The van der Waals surface area contributed by atoms with Crippen molar-refractivity contribution in [2.24, 2.45) is 0 Å². The molecular weight excluding hydrogens is 350 g/mol. The van der Waals surface area contributed by atoms with Crippen LogP contribution in [-0.2, 0) is 10.3 Å². The Morgan fingerprint density at radius 1 is 1.00 bits per heavy atom. The highest BCUT2D eigenvalue weighted by atomic mass is 16.5. The number of carboxylic acids is 1. The molecule has 0 fully saturated rings. The van der Waals surface area contributed by atoms with Crippen molar-refractivity contribution in [1.82, 2.24) is 5.32 Å². The van der Waals surface area contributed by atoms with Crippen molar-refractivity contribution in [3.8, 4) is 17.2 Å². The molecule has 0 bridgehead atoms. The van der Waals surface area contributed by atoms with Crippen LogP contribution in [0.4, 0.5) is 0 Å². The Labute approximate surface area is 157 Å². The van der Waals surface area contributed by atoms with Gasteiger partial charge in [0, 0.05) is 6.07 Å². The first-order valence-corrected chi connectivity index (χ1v) is 8.24. The molecule has 2 aromatic rings. The third-order valence-corrected chi connectivity index (χ3v) is 4.25. The number of ether oxygens (including phenoxy) is 3. The average Bonchev–Trinajstić information content (AvgIpc) is 2.66. The predicted molar refractivity (Wildman–Crippen MR) is 99.6 cm³/mol. The molecule has 7 nitrogen and oxygen atoms in total. The number of aliphatic carboxylic acids is 1. The zero-order valence-corrected chi connectivity index (χ0v) is 15.7. The first-order valence-electron chi connectivity index (χ1n) is 8.24. The van der Waals surface area contributed by atoms with E-state index in [9.17, 15) is 14.7 Å². The van der Waals surface area contributed by atoms with E-state index in [1.807, 2.05) is 0 Å². The van der Waals surface area contributed by atoms with Crippen LogP contribution in [0.3, 0.4) is 0 Å². The van der Waals surface area contributed by atoms with Gasteiger partial charge in [-0.3, -0.25) is 9.59 Å². The zero-order chi connectivity index (χ0) is 20.0. The Hall–Kier alpha value is -3.22. The molecule has 2 aromatic carbocycles. The summed E-state index contributed by atoms with van der Waals surface area (Å²) in [5, 5.41) is 12.2. The van der Waals surface area contributed by atoms with Crippen LogP contribution in [0, 0.1) is 0 Å². The number of hydrogen-bond acceptors (Lipinski definition) is 5. The molecule has 0 aromatic heterocycles. The zero-order valence-electron chi connectivity index (χ0n) is 15.7. The number of methoxy groups -OCH3 is 3. The molecule has 1 unspecified atom stereocenters. The summed E-state index contributed by atoms with van der Waals surface area (Å²) in [4.78, 5) is 24.3. The Morgan fingerprint density at radius 2 is 1.67 bits per heavy atom. The van der Waals surface area contributed by atoms with Crippen LogP contribution in [0.25, 0.3) is 0 Å². The third kappa shape index (κ3) is 4.69. The maximum atomic E-state index is 12.9. The van der Waals surface area contributed by atoms with Gasteiger partial charge in [0.2, 0.25) is 0 Å². The summed E-state index contributed by atoms with van der Waals surface area (Å²) in [6.07, 6.45) is -0.301. The van der Waals surface area contributed by atoms with Crippen LogP contribution >= 0.6 is 0 Å². The van der Waals surface area contributed by atoms with E-state index in [2.05, 4.69) is 5.32 Å². The van der Waals surface area contributed by atoms with Gasteiger partial charge in [-0.25, -0.2) is 0 Å². The van der Waals surface area contributed by atoms with Gasteiger partial charge in [-0.1, -0.05) is 12.1 Å². The van der Waals surface area contributed by atoms with Crippen LogP contribution in [-0.4, -0.2) is 38.3 Å². The van der Waals surface area contributed by atoms with Gasteiger partial charge in [-0.05, 0) is 36.8 Å². The molecule has 27 heavy (non-hydrogen) atoms. The third-order valence-electron chi connectivity index (χ3n) is 4.25. The average molecular weight is 373 g/mol. The first kappa shape index (κ1) is 20.1. The predicted octanol–water partition coefficient (Wildman–Crippen LogP) is 2.83. The van der Waals surface area contributed by atoms with Crippen LogP contribution in [0.15, 0.2) is 42.5 Å². The molecule has 7 heteroatoms. The van der Waals surface area contributed by atoms with Crippen molar-refractivity contribution in [1.29, 1.82) is 0 Å². The van der Waals surface area contributed by atoms with E-state index in [-0.39, 0.29) is 12.0 Å². The van der Waals surface area contributed by atoms with Crippen molar-refractivity contribution in [2.45, 2.75) is 18.9 Å². The fourth-order valence-corrected chi connectivity index (χ4v) is 2.79. The number of carbonyl (C=O) groups excluding carboxylic acids is 1. The lowest BCUT2D eigenvalue weighted by molar-refractivity contribution is -0.138. The van der Waals surface area contributed by atoms with E-state index < -0.39 is 17.4 Å². The second kappa shape index (κ2) is 8.44. The molecule has 0 spiro atoms. The highest BCUT2D eigenvalue weighted by Crippen LogP contribution is 2.30. The first-order chi connectivity index (χ1) is 12.8. The highest BCUT2D eigenvalue weighted by Gasteiger charge is 2.33. The van der Waals surface area contributed by atoms with E-state index in [1.54, 1.807) is 49.4 Å². The van der Waals surface area contributed by atoms with Crippen molar-refractivity contribution in [3.63, 3.8) is 0 Å². The largest absolute Gasteiger partial charge is 0.497 e. The molecule has 0 saturated heterocycles. The molecule has 1 amide bonds. The lowest BCUT2D eigenvalue weighted by atomic mass is 9.88. The van der Waals surface area contributed by atoms with Gasteiger partial charge in [-0.15, -0.1) is 0 Å². The van der Waals surface area contributed by atoms with Gasteiger partial charge in [0.1, 0.15) is 17.2 Å². The van der Waals surface area contributed by atoms with Gasteiger partial charge in [-0.2, -0.15) is 0 Å². The van der Waals surface area contributed by atoms with Gasteiger partial charge < -0.3 is 24.6 Å². The quantitative estimate of drug-likeness (QED) is 0.739. The molecule has 2 N–H and O–H groups in total. The smallest absolute Gasteiger partial charge is 0.306 e. The van der Waals surface area contributed by atoms with Gasteiger partial charge in [0.15, 0.2) is 0 Å². The summed E-state index contributed by atoms with van der Waals surface area (Å²) in [6.45, 7) is 1.66. The molecule has 1 atom stereocenters. The second-order valence-electron chi connectivity index (χ2n) is 6.15. The van der Waals surface area contributed by atoms with E-state index in [1.165, 1.54) is 21.3 Å². The minimum absolute atomic E-state index is 0.276. The molecule has 0 radical (unpaired) electrons.